The number of anilines is 1. The SMILES string of the molecule is Cn1cc(-c2cc3cc(NC(=O)C4CCN(C5COC5)CC4)ncc3cn2)cn1. The molecule has 2 fully saturated rings. The average Bonchev–Trinajstić information content (AvgIpc) is 3.13. The molecule has 5 heterocycles. The first kappa shape index (κ1) is 18.2. The van der Waals surface area contributed by atoms with E-state index in [1.165, 1.54) is 0 Å². The second-order valence-corrected chi connectivity index (χ2v) is 7.88. The van der Waals surface area contributed by atoms with Crippen LogP contribution in [0.3, 0.4) is 0 Å². The summed E-state index contributed by atoms with van der Waals surface area (Å²) >= 11 is 0. The van der Waals surface area contributed by atoms with Crippen molar-refractivity contribution in [3.8, 4) is 11.3 Å². The molecule has 0 aromatic carbocycles. The van der Waals surface area contributed by atoms with Crippen molar-refractivity contribution in [2.75, 3.05) is 31.6 Å². The zero-order chi connectivity index (χ0) is 19.8. The maximum Gasteiger partial charge on any atom is 0.228 e. The van der Waals surface area contributed by atoms with E-state index < -0.39 is 0 Å². The number of nitrogens with one attached hydrogen (secondary N) is 1. The van der Waals surface area contributed by atoms with Gasteiger partial charge in [-0.05, 0) is 43.5 Å². The predicted octanol–water partition coefficient (Wildman–Crippen LogP) is 2.08. The highest BCUT2D eigenvalue weighted by molar-refractivity contribution is 5.94. The number of nitrogens with zero attached hydrogens (tertiary/aromatic N) is 5. The van der Waals surface area contributed by atoms with Crippen LogP contribution in [-0.2, 0) is 16.6 Å². The molecule has 0 radical (unpaired) electrons. The van der Waals surface area contributed by atoms with Crippen LogP contribution in [0.15, 0.2) is 36.9 Å². The van der Waals surface area contributed by atoms with Crippen LogP contribution in [0, 0.1) is 5.92 Å². The Morgan fingerprint density at radius 2 is 1.90 bits per heavy atom. The Kier molecular flexibility index (Phi) is 4.73. The largest absolute Gasteiger partial charge is 0.378 e. The molecule has 0 spiro atoms. The van der Waals surface area contributed by atoms with Crippen LogP contribution in [0.1, 0.15) is 12.8 Å². The standard InChI is InChI=1S/C21H24N6O2/c1-26-11-17(10-24-26)19-6-15-7-20(23-9-16(15)8-22-19)25-21(28)14-2-4-27(5-3-14)18-12-29-13-18/h6-11,14,18H,2-5,12-13H2,1H3,(H,23,25,28). The van der Waals surface area contributed by atoms with E-state index >= 15 is 0 Å². The summed E-state index contributed by atoms with van der Waals surface area (Å²) in [5, 5.41) is 9.14. The summed E-state index contributed by atoms with van der Waals surface area (Å²) in [5.41, 5.74) is 1.81. The van der Waals surface area contributed by atoms with Gasteiger partial charge in [-0.1, -0.05) is 0 Å². The van der Waals surface area contributed by atoms with E-state index in [2.05, 4.69) is 25.3 Å². The van der Waals surface area contributed by atoms with Gasteiger partial charge in [0.15, 0.2) is 0 Å². The number of aryl methyl sites for hydroxylation is 1. The lowest BCUT2D eigenvalue weighted by Crippen LogP contribution is -2.52. The van der Waals surface area contributed by atoms with Gasteiger partial charge in [-0.25, -0.2) is 4.98 Å². The molecule has 2 saturated heterocycles. The van der Waals surface area contributed by atoms with Crippen molar-refractivity contribution < 1.29 is 9.53 Å². The van der Waals surface area contributed by atoms with E-state index in [9.17, 15) is 4.79 Å². The van der Waals surface area contributed by atoms with E-state index in [4.69, 9.17) is 4.74 Å². The van der Waals surface area contributed by atoms with Gasteiger partial charge in [0.2, 0.25) is 5.91 Å². The third kappa shape index (κ3) is 3.73. The highest BCUT2D eigenvalue weighted by Gasteiger charge is 2.32. The van der Waals surface area contributed by atoms with Crippen molar-refractivity contribution in [1.29, 1.82) is 0 Å². The van der Waals surface area contributed by atoms with Gasteiger partial charge in [-0.2, -0.15) is 5.10 Å². The summed E-state index contributed by atoms with van der Waals surface area (Å²) in [7, 11) is 1.88. The van der Waals surface area contributed by atoms with Gasteiger partial charge >= 0.3 is 0 Å². The van der Waals surface area contributed by atoms with Crippen LogP contribution in [0.4, 0.5) is 5.82 Å². The van der Waals surface area contributed by atoms with Gasteiger partial charge in [-0.15, -0.1) is 0 Å². The molecule has 0 bridgehead atoms. The van der Waals surface area contributed by atoms with Crippen LogP contribution in [-0.4, -0.2) is 62.9 Å². The summed E-state index contributed by atoms with van der Waals surface area (Å²) in [6, 6.07) is 4.46. The fourth-order valence-electron chi connectivity index (χ4n) is 4.01. The number of piperidine rings is 1. The number of fused-ring (bicyclic) bond motifs is 1. The first-order valence-corrected chi connectivity index (χ1v) is 10.0. The molecule has 0 atom stereocenters. The van der Waals surface area contributed by atoms with E-state index in [1.807, 2.05) is 25.4 Å². The second kappa shape index (κ2) is 7.53. The van der Waals surface area contributed by atoms with Gasteiger partial charge in [0.05, 0.1) is 31.1 Å². The number of hydrogen-bond donors (Lipinski definition) is 1. The molecule has 8 heteroatoms. The van der Waals surface area contributed by atoms with Crippen LogP contribution in [0.25, 0.3) is 22.0 Å². The topological polar surface area (TPSA) is 85.2 Å². The van der Waals surface area contributed by atoms with Gasteiger partial charge in [0, 0.05) is 42.5 Å². The predicted molar refractivity (Wildman–Crippen MR) is 109 cm³/mol. The summed E-state index contributed by atoms with van der Waals surface area (Å²) < 4.78 is 7.03. The van der Waals surface area contributed by atoms with Gasteiger partial charge in [0.25, 0.3) is 0 Å². The number of pyridine rings is 2. The Morgan fingerprint density at radius 3 is 2.59 bits per heavy atom. The molecule has 150 valence electrons. The molecule has 3 aromatic heterocycles. The molecule has 29 heavy (non-hydrogen) atoms. The average molecular weight is 392 g/mol. The minimum atomic E-state index is 0.0353. The van der Waals surface area contributed by atoms with Crippen molar-refractivity contribution in [2.24, 2.45) is 13.0 Å². The highest BCUT2D eigenvalue weighted by atomic mass is 16.5. The summed E-state index contributed by atoms with van der Waals surface area (Å²) in [6.45, 7) is 3.57. The lowest BCUT2D eigenvalue weighted by molar-refractivity contribution is -0.123. The van der Waals surface area contributed by atoms with Crippen LogP contribution < -0.4 is 5.32 Å². The molecule has 2 aliphatic rings. The molecule has 8 nitrogen and oxygen atoms in total. The minimum absolute atomic E-state index is 0.0353. The minimum Gasteiger partial charge on any atom is -0.378 e. The third-order valence-corrected chi connectivity index (χ3v) is 5.89. The number of carbonyl (C=O) groups is 1. The maximum absolute atomic E-state index is 12.7. The maximum atomic E-state index is 12.7. The van der Waals surface area contributed by atoms with Gasteiger partial charge in [-0.3, -0.25) is 19.4 Å². The monoisotopic (exact) mass is 392 g/mol. The van der Waals surface area contributed by atoms with Crippen molar-refractivity contribution in [2.45, 2.75) is 18.9 Å². The molecule has 2 aliphatic heterocycles. The zero-order valence-corrected chi connectivity index (χ0v) is 16.4. The molecular formula is C21H24N6O2. The Balaban J connectivity index is 1.28. The zero-order valence-electron chi connectivity index (χ0n) is 16.4. The Morgan fingerprint density at radius 1 is 1.10 bits per heavy atom. The van der Waals surface area contributed by atoms with Crippen LogP contribution in [0.2, 0.25) is 0 Å². The smallest absolute Gasteiger partial charge is 0.228 e. The number of carbonyl (C=O) groups excluding carboxylic acids is 1. The van der Waals surface area contributed by atoms with Crippen molar-refractivity contribution in [3.05, 3.63) is 36.9 Å². The third-order valence-electron chi connectivity index (χ3n) is 5.89. The molecule has 0 saturated carbocycles. The molecule has 3 aromatic rings. The highest BCUT2D eigenvalue weighted by Crippen LogP contribution is 2.25. The number of rotatable bonds is 4. The summed E-state index contributed by atoms with van der Waals surface area (Å²) in [5.74, 6) is 0.677. The van der Waals surface area contributed by atoms with Crippen LogP contribution in [0.5, 0.6) is 0 Å². The fourth-order valence-corrected chi connectivity index (χ4v) is 4.01. The van der Waals surface area contributed by atoms with Crippen molar-refractivity contribution in [1.82, 2.24) is 24.6 Å². The first-order valence-electron chi connectivity index (χ1n) is 10.0. The molecule has 0 unspecified atom stereocenters. The quantitative estimate of drug-likeness (QED) is 0.732. The lowest BCUT2D eigenvalue weighted by atomic mass is 9.94. The van der Waals surface area contributed by atoms with E-state index in [0.717, 1.165) is 61.2 Å². The molecule has 5 rings (SSSR count). The molecular weight excluding hydrogens is 368 g/mol. The second-order valence-electron chi connectivity index (χ2n) is 7.88. The normalized spacial score (nSPS) is 18.7. The summed E-state index contributed by atoms with van der Waals surface area (Å²) in [4.78, 5) is 24.1. The van der Waals surface area contributed by atoms with Crippen LogP contribution >= 0.6 is 0 Å². The first-order chi connectivity index (χ1) is 14.2. The molecule has 1 N–H and O–H groups in total. The number of ether oxygens (including phenoxy) is 1. The van der Waals surface area contributed by atoms with Gasteiger partial charge in [0.1, 0.15) is 5.82 Å². The van der Waals surface area contributed by atoms with E-state index in [0.29, 0.717) is 11.9 Å². The Bertz CT molecular complexity index is 1040. The fraction of sp³-hybridized carbons (Fsp3) is 0.429. The number of aromatic nitrogens is 4. The van der Waals surface area contributed by atoms with Gasteiger partial charge < -0.3 is 10.1 Å². The van der Waals surface area contributed by atoms with Crippen molar-refractivity contribution >= 4 is 22.5 Å². The Hall–Kier alpha value is -2.84. The number of amides is 1. The van der Waals surface area contributed by atoms with E-state index in [1.54, 1.807) is 23.3 Å². The van der Waals surface area contributed by atoms with Crippen molar-refractivity contribution in [3.63, 3.8) is 0 Å². The Labute approximate surface area is 168 Å². The number of likely N-dealkylation sites (tertiary alicyclic amines) is 1. The molecule has 1 amide bonds. The summed E-state index contributed by atoms with van der Waals surface area (Å²) in [6.07, 6.45) is 9.04. The van der Waals surface area contributed by atoms with E-state index in [-0.39, 0.29) is 11.8 Å². The molecule has 0 aliphatic carbocycles. The number of hydrogen-bond acceptors (Lipinski definition) is 6. The lowest BCUT2D eigenvalue weighted by Gasteiger charge is -2.41.